The molecule has 2 nitrogen and oxygen atoms in total. The molecule has 0 aliphatic heterocycles. The molecule has 0 spiro atoms. The molecule has 0 aromatic heterocycles. The summed E-state index contributed by atoms with van der Waals surface area (Å²) in [5.41, 5.74) is 1.64. The summed E-state index contributed by atoms with van der Waals surface area (Å²) in [6.45, 7) is 6.51. The molecule has 1 rings (SSSR count). The lowest BCUT2D eigenvalue weighted by molar-refractivity contribution is -0.127. The van der Waals surface area contributed by atoms with Crippen molar-refractivity contribution in [3.8, 4) is 0 Å². The average Bonchev–Trinajstić information content (AvgIpc) is 2.29. The molecule has 0 aliphatic carbocycles. The summed E-state index contributed by atoms with van der Waals surface area (Å²) in [5, 5.41) is 0. The van der Waals surface area contributed by atoms with Crippen LogP contribution in [-0.2, 0) is 11.3 Å². The Hall–Kier alpha value is -1.28. The Balaban J connectivity index is 2.72. The molecule has 0 aliphatic rings. The van der Waals surface area contributed by atoms with Crippen LogP contribution in [0.4, 0.5) is 0 Å². The van der Waals surface area contributed by atoms with E-state index in [0.29, 0.717) is 24.5 Å². The van der Waals surface area contributed by atoms with Crippen LogP contribution >= 0.6 is 11.6 Å². The molecule has 0 bridgehead atoms. The van der Waals surface area contributed by atoms with Crippen molar-refractivity contribution in [3.63, 3.8) is 0 Å². The van der Waals surface area contributed by atoms with Crippen molar-refractivity contribution >= 4 is 17.5 Å². The van der Waals surface area contributed by atoms with E-state index in [0.717, 1.165) is 5.56 Å². The number of amides is 1. The molecule has 1 amide bonds. The van der Waals surface area contributed by atoms with Gasteiger partial charge in [0.2, 0.25) is 5.91 Å². The topological polar surface area (TPSA) is 20.3 Å². The number of halogens is 1. The lowest BCUT2D eigenvalue weighted by atomic mass is 10.2. The highest BCUT2D eigenvalue weighted by Crippen LogP contribution is 2.07. The minimum atomic E-state index is -0.0375. The van der Waals surface area contributed by atoms with Gasteiger partial charge in [-0.3, -0.25) is 4.79 Å². The van der Waals surface area contributed by atoms with Gasteiger partial charge in [0.05, 0.1) is 0 Å². The Morgan fingerprint density at radius 1 is 1.38 bits per heavy atom. The van der Waals surface area contributed by atoms with Crippen molar-refractivity contribution < 1.29 is 4.79 Å². The Kier molecular flexibility index (Phi) is 5.06. The van der Waals surface area contributed by atoms with Crippen LogP contribution in [0.15, 0.2) is 42.5 Å². The van der Waals surface area contributed by atoms with Crippen molar-refractivity contribution in [1.82, 2.24) is 4.90 Å². The summed E-state index contributed by atoms with van der Waals surface area (Å²) in [4.78, 5) is 13.5. The Bertz CT molecular complexity index is 361. The molecule has 1 aromatic carbocycles. The molecule has 0 saturated carbocycles. The molecule has 0 unspecified atom stereocenters. The van der Waals surface area contributed by atoms with Gasteiger partial charge in [-0.25, -0.2) is 0 Å². The van der Waals surface area contributed by atoms with Gasteiger partial charge in [0.25, 0.3) is 0 Å². The quantitative estimate of drug-likeness (QED) is 0.570. The van der Waals surface area contributed by atoms with Crippen LogP contribution in [-0.4, -0.2) is 23.2 Å². The highest BCUT2D eigenvalue weighted by molar-refractivity contribution is 6.18. The molecule has 0 heterocycles. The van der Waals surface area contributed by atoms with Gasteiger partial charge in [-0.1, -0.05) is 36.9 Å². The van der Waals surface area contributed by atoms with Crippen LogP contribution in [0.1, 0.15) is 12.5 Å². The third-order valence-corrected chi connectivity index (χ3v) is 2.39. The molecule has 3 heteroatoms. The summed E-state index contributed by atoms with van der Waals surface area (Å²) in [6.07, 6.45) is 0. The smallest absolute Gasteiger partial charge is 0.249 e. The van der Waals surface area contributed by atoms with E-state index in [-0.39, 0.29) is 5.91 Å². The Labute approximate surface area is 102 Å². The summed E-state index contributed by atoms with van der Waals surface area (Å²) in [7, 11) is 0. The molecule has 0 radical (unpaired) electrons. The van der Waals surface area contributed by atoms with Crippen molar-refractivity contribution in [2.24, 2.45) is 0 Å². The van der Waals surface area contributed by atoms with E-state index in [4.69, 9.17) is 11.6 Å². The first-order valence-corrected chi connectivity index (χ1v) is 5.73. The minimum absolute atomic E-state index is 0.0375. The van der Waals surface area contributed by atoms with Crippen LogP contribution in [0.3, 0.4) is 0 Å². The third-order valence-electron chi connectivity index (χ3n) is 2.22. The normalized spacial score (nSPS) is 9.88. The standard InChI is InChI=1S/C13H16ClNO/c1-11(2)13(16)15(9-8-14)10-12-6-4-3-5-7-12/h3-7H,1,8-10H2,2H3. The van der Waals surface area contributed by atoms with Crippen LogP contribution in [0, 0.1) is 0 Å². The number of hydrogen-bond donors (Lipinski definition) is 0. The molecule has 16 heavy (non-hydrogen) atoms. The first-order chi connectivity index (χ1) is 7.65. The van der Waals surface area contributed by atoms with Gasteiger partial charge in [0, 0.05) is 24.5 Å². The summed E-state index contributed by atoms with van der Waals surface area (Å²) in [5.74, 6) is 0.399. The molecule has 86 valence electrons. The van der Waals surface area contributed by atoms with E-state index in [1.807, 2.05) is 30.3 Å². The first kappa shape index (κ1) is 12.8. The molecular weight excluding hydrogens is 222 g/mol. The number of carbonyl (C=O) groups excluding carboxylic acids is 1. The van der Waals surface area contributed by atoms with Gasteiger partial charge < -0.3 is 4.90 Å². The van der Waals surface area contributed by atoms with Crippen LogP contribution in [0.5, 0.6) is 0 Å². The van der Waals surface area contributed by atoms with Crippen LogP contribution in [0.25, 0.3) is 0 Å². The molecule has 0 atom stereocenters. The lowest BCUT2D eigenvalue weighted by Crippen LogP contribution is -2.32. The van der Waals surface area contributed by atoms with E-state index >= 15 is 0 Å². The number of nitrogens with zero attached hydrogens (tertiary/aromatic N) is 1. The van der Waals surface area contributed by atoms with Crippen molar-refractivity contribution in [3.05, 3.63) is 48.0 Å². The molecule has 0 N–H and O–H groups in total. The van der Waals surface area contributed by atoms with E-state index in [9.17, 15) is 4.79 Å². The second-order valence-electron chi connectivity index (χ2n) is 3.68. The fourth-order valence-electron chi connectivity index (χ4n) is 1.43. The predicted octanol–water partition coefficient (Wildman–Crippen LogP) is 2.83. The van der Waals surface area contributed by atoms with Crippen LogP contribution in [0.2, 0.25) is 0 Å². The fourth-order valence-corrected chi connectivity index (χ4v) is 1.63. The van der Waals surface area contributed by atoms with Gasteiger partial charge in [-0.2, -0.15) is 0 Å². The largest absolute Gasteiger partial charge is 0.333 e. The lowest BCUT2D eigenvalue weighted by Gasteiger charge is -2.21. The number of benzene rings is 1. The zero-order valence-corrected chi connectivity index (χ0v) is 10.2. The highest BCUT2D eigenvalue weighted by Gasteiger charge is 2.13. The van der Waals surface area contributed by atoms with Crippen molar-refractivity contribution in [2.75, 3.05) is 12.4 Å². The van der Waals surface area contributed by atoms with E-state index in [1.54, 1.807) is 11.8 Å². The molecule has 1 aromatic rings. The highest BCUT2D eigenvalue weighted by atomic mass is 35.5. The van der Waals surface area contributed by atoms with E-state index < -0.39 is 0 Å². The SMILES string of the molecule is C=C(C)C(=O)N(CCCl)Cc1ccccc1. The first-order valence-electron chi connectivity index (χ1n) is 5.20. The maximum atomic E-state index is 11.8. The maximum Gasteiger partial charge on any atom is 0.249 e. The van der Waals surface area contributed by atoms with Gasteiger partial charge >= 0.3 is 0 Å². The van der Waals surface area contributed by atoms with Gasteiger partial charge in [0.15, 0.2) is 0 Å². The summed E-state index contributed by atoms with van der Waals surface area (Å²) in [6, 6.07) is 9.86. The monoisotopic (exact) mass is 237 g/mol. The summed E-state index contributed by atoms with van der Waals surface area (Å²) < 4.78 is 0. The molecule has 0 saturated heterocycles. The van der Waals surface area contributed by atoms with Gasteiger partial charge in [-0.05, 0) is 12.5 Å². The Morgan fingerprint density at radius 3 is 2.50 bits per heavy atom. The minimum Gasteiger partial charge on any atom is -0.333 e. The predicted molar refractivity (Wildman–Crippen MR) is 67.4 cm³/mol. The van der Waals surface area contributed by atoms with E-state index in [1.165, 1.54) is 0 Å². The van der Waals surface area contributed by atoms with Crippen molar-refractivity contribution in [1.29, 1.82) is 0 Å². The van der Waals surface area contributed by atoms with Crippen molar-refractivity contribution in [2.45, 2.75) is 13.5 Å². The fraction of sp³-hybridized carbons (Fsp3) is 0.308. The maximum absolute atomic E-state index is 11.8. The number of carbonyl (C=O) groups is 1. The second-order valence-corrected chi connectivity index (χ2v) is 4.06. The zero-order valence-electron chi connectivity index (χ0n) is 9.45. The summed E-state index contributed by atoms with van der Waals surface area (Å²) >= 11 is 5.69. The Morgan fingerprint density at radius 2 is 2.00 bits per heavy atom. The number of alkyl halides is 1. The number of hydrogen-bond acceptors (Lipinski definition) is 1. The second kappa shape index (κ2) is 6.33. The number of rotatable bonds is 5. The molecular formula is C13H16ClNO. The van der Waals surface area contributed by atoms with E-state index in [2.05, 4.69) is 6.58 Å². The van der Waals surface area contributed by atoms with Crippen LogP contribution < -0.4 is 0 Å². The molecule has 0 fully saturated rings. The van der Waals surface area contributed by atoms with Gasteiger partial charge in [0.1, 0.15) is 0 Å². The zero-order chi connectivity index (χ0) is 12.0. The van der Waals surface area contributed by atoms with Gasteiger partial charge in [-0.15, -0.1) is 11.6 Å². The third kappa shape index (κ3) is 3.70. The average molecular weight is 238 g/mol.